The van der Waals surface area contributed by atoms with E-state index in [9.17, 15) is 13.6 Å². The molecular weight excluding hydrogens is 346 g/mol. The molecule has 7 heteroatoms. The van der Waals surface area contributed by atoms with Gasteiger partial charge in [-0.3, -0.25) is 4.79 Å². The molecule has 0 radical (unpaired) electrons. The molecule has 0 aliphatic heterocycles. The van der Waals surface area contributed by atoms with Crippen LogP contribution in [0.1, 0.15) is 10.4 Å². The molecule has 0 bridgehead atoms. The van der Waals surface area contributed by atoms with Gasteiger partial charge in [0.2, 0.25) is 0 Å². The van der Waals surface area contributed by atoms with E-state index >= 15 is 0 Å². The molecule has 3 rings (SSSR count). The molecule has 25 heavy (non-hydrogen) atoms. The van der Waals surface area contributed by atoms with Crippen molar-refractivity contribution in [2.45, 2.75) is 6.54 Å². The van der Waals surface area contributed by atoms with E-state index in [1.165, 1.54) is 17.7 Å². The van der Waals surface area contributed by atoms with Gasteiger partial charge in [-0.05, 0) is 30.3 Å². The van der Waals surface area contributed by atoms with E-state index in [2.05, 4.69) is 10.9 Å². The first-order chi connectivity index (χ1) is 12.0. The Kier molecular flexibility index (Phi) is 4.63. The van der Waals surface area contributed by atoms with Crippen molar-refractivity contribution >= 4 is 27.5 Å². The van der Waals surface area contributed by atoms with E-state index in [1.54, 1.807) is 24.3 Å². The van der Waals surface area contributed by atoms with Crippen LogP contribution in [0.3, 0.4) is 0 Å². The second kappa shape index (κ2) is 6.87. The smallest absolute Gasteiger partial charge is 0.279 e. The van der Waals surface area contributed by atoms with Crippen LogP contribution in [0.5, 0.6) is 5.75 Å². The van der Waals surface area contributed by atoms with Crippen LogP contribution in [0, 0.1) is 24.0 Å². The van der Waals surface area contributed by atoms with Gasteiger partial charge in [0.05, 0.1) is 23.9 Å². The number of nitrogens with zero attached hydrogens (tertiary/aromatic N) is 2. The molecule has 0 aliphatic carbocycles. The van der Waals surface area contributed by atoms with Crippen LogP contribution < -0.4 is 9.54 Å². The molecule has 126 valence electrons. The number of ether oxygens (including phenoxy) is 1. The normalized spacial score (nSPS) is 11.5. The fourth-order valence-electron chi connectivity index (χ4n) is 2.34. The maximum absolute atomic E-state index is 14.1. The van der Waals surface area contributed by atoms with Gasteiger partial charge < -0.3 is 9.30 Å². The van der Waals surface area contributed by atoms with E-state index in [0.717, 1.165) is 17.4 Å². The summed E-state index contributed by atoms with van der Waals surface area (Å²) in [5.74, 6) is 1.04. The van der Waals surface area contributed by atoms with E-state index in [-0.39, 0.29) is 16.9 Å². The molecule has 0 unspecified atom stereocenters. The highest BCUT2D eigenvalue weighted by Crippen LogP contribution is 2.22. The molecule has 0 saturated heterocycles. The molecule has 0 atom stereocenters. The van der Waals surface area contributed by atoms with E-state index in [4.69, 9.17) is 11.2 Å². The summed E-state index contributed by atoms with van der Waals surface area (Å²) >= 11 is 0.998. The largest absolute Gasteiger partial charge is 0.497 e. The SMILES string of the molecule is C#CCn1c(=NC(=O)c2ccc(OC)cc2)sc2cc(F)cc(F)c21. The van der Waals surface area contributed by atoms with Crippen LogP contribution in [0.2, 0.25) is 0 Å². The highest BCUT2D eigenvalue weighted by atomic mass is 32.1. The van der Waals surface area contributed by atoms with Crippen LogP contribution in [0.15, 0.2) is 41.4 Å². The molecule has 4 nitrogen and oxygen atoms in total. The summed E-state index contributed by atoms with van der Waals surface area (Å²) in [4.78, 5) is 16.6. The van der Waals surface area contributed by atoms with Crippen molar-refractivity contribution in [2.75, 3.05) is 7.11 Å². The molecule has 3 aromatic rings. The first-order valence-corrected chi connectivity index (χ1v) is 8.00. The van der Waals surface area contributed by atoms with E-state index in [0.29, 0.717) is 16.0 Å². The molecule has 0 fully saturated rings. The van der Waals surface area contributed by atoms with Crippen molar-refractivity contribution in [3.63, 3.8) is 0 Å². The van der Waals surface area contributed by atoms with E-state index in [1.807, 2.05) is 0 Å². The Morgan fingerprint density at radius 2 is 2.04 bits per heavy atom. The maximum Gasteiger partial charge on any atom is 0.279 e. The standard InChI is InChI=1S/C18H12F2N2O2S/c1-3-8-22-16-14(20)9-12(19)10-15(16)25-18(22)21-17(23)11-4-6-13(24-2)7-5-11/h1,4-7,9-10H,8H2,2H3. The first kappa shape index (κ1) is 16.9. The molecule has 0 aliphatic rings. The number of hydrogen-bond donors (Lipinski definition) is 0. The zero-order chi connectivity index (χ0) is 18.0. The van der Waals surface area contributed by atoms with Crippen molar-refractivity contribution in [3.05, 3.63) is 58.4 Å². The van der Waals surface area contributed by atoms with Gasteiger partial charge >= 0.3 is 0 Å². The number of hydrogen-bond acceptors (Lipinski definition) is 3. The number of terminal acetylenes is 1. The third-order valence-corrected chi connectivity index (χ3v) is 4.50. The van der Waals surface area contributed by atoms with Crippen LogP contribution in [0.4, 0.5) is 8.78 Å². The minimum atomic E-state index is -0.750. The van der Waals surface area contributed by atoms with Crippen molar-refractivity contribution in [1.82, 2.24) is 4.57 Å². The van der Waals surface area contributed by atoms with Gasteiger partial charge in [-0.1, -0.05) is 17.3 Å². The van der Waals surface area contributed by atoms with Crippen LogP contribution >= 0.6 is 11.3 Å². The predicted molar refractivity (Wildman–Crippen MR) is 91.5 cm³/mol. The number of methoxy groups -OCH3 is 1. The van der Waals surface area contributed by atoms with Gasteiger partial charge in [0.1, 0.15) is 11.6 Å². The van der Waals surface area contributed by atoms with Crippen LogP contribution in [-0.4, -0.2) is 17.6 Å². The Morgan fingerprint density at radius 1 is 1.32 bits per heavy atom. The fourth-order valence-corrected chi connectivity index (χ4v) is 3.40. The number of benzene rings is 2. The molecule has 1 amide bonds. The van der Waals surface area contributed by atoms with Gasteiger partial charge in [0.25, 0.3) is 5.91 Å². The zero-order valence-corrected chi connectivity index (χ0v) is 13.9. The summed E-state index contributed by atoms with van der Waals surface area (Å²) < 4.78 is 34.3. The summed E-state index contributed by atoms with van der Waals surface area (Å²) in [6, 6.07) is 8.38. The average Bonchev–Trinajstić information content (AvgIpc) is 2.92. The minimum absolute atomic E-state index is 0.0112. The maximum atomic E-state index is 14.1. The molecule has 0 saturated carbocycles. The topological polar surface area (TPSA) is 43.6 Å². The van der Waals surface area contributed by atoms with E-state index < -0.39 is 17.5 Å². The molecule has 1 heterocycles. The Morgan fingerprint density at radius 3 is 2.68 bits per heavy atom. The number of rotatable bonds is 3. The number of amides is 1. The lowest BCUT2D eigenvalue weighted by Crippen LogP contribution is -2.17. The number of aromatic nitrogens is 1. The summed E-state index contributed by atoms with van der Waals surface area (Å²) in [5, 5.41) is 0. The molecule has 0 spiro atoms. The number of carbonyl (C=O) groups excluding carboxylic acids is 1. The zero-order valence-electron chi connectivity index (χ0n) is 13.1. The minimum Gasteiger partial charge on any atom is -0.497 e. The Bertz CT molecular complexity index is 1060. The number of carbonyl (C=O) groups is 1. The Balaban J connectivity index is 2.14. The van der Waals surface area contributed by atoms with Crippen molar-refractivity contribution in [1.29, 1.82) is 0 Å². The van der Waals surface area contributed by atoms with Crippen molar-refractivity contribution < 1.29 is 18.3 Å². The number of fused-ring (bicyclic) bond motifs is 1. The van der Waals surface area contributed by atoms with Crippen molar-refractivity contribution in [2.24, 2.45) is 4.99 Å². The number of halogens is 2. The first-order valence-electron chi connectivity index (χ1n) is 7.18. The predicted octanol–water partition coefficient (Wildman–Crippen LogP) is 3.36. The summed E-state index contributed by atoms with van der Waals surface area (Å²) in [6.45, 7) is 0.0112. The second-order valence-electron chi connectivity index (χ2n) is 5.05. The van der Waals surface area contributed by atoms with Crippen LogP contribution in [-0.2, 0) is 6.54 Å². The Labute approximate surface area is 146 Å². The van der Waals surface area contributed by atoms with Gasteiger partial charge in [-0.25, -0.2) is 8.78 Å². The van der Waals surface area contributed by atoms with Gasteiger partial charge in [-0.2, -0.15) is 4.99 Å². The quantitative estimate of drug-likeness (QED) is 0.674. The highest BCUT2D eigenvalue weighted by molar-refractivity contribution is 7.16. The monoisotopic (exact) mass is 358 g/mol. The summed E-state index contributed by atoms with van der Waals surface area (Å²) in [7, 11) is 1.52. The van der Waals surface area contributed by atoms with Gasteiger partial charge in [0, 0.05) is 11.6 Å². The lowest BCUT2D eigenvalue weighted by molar-refractivity contribution is 0.0998. The molecule has 1 aromatic heterocycles. The lowest BCUT2D eigenvalue weighted by Gasteiger charge is -2.02. The average molecular weight is 358 g/mol. The molecular formula is C18H12F2N2O2S. The number of thiazole rings is 1. The van der Waals surface area contributed by atoms with Gasteiger partial charge in [0.15, 0.2) is 10.6 Å². The lowest BCUT2D eigenvalue weighted by atomic mass is 10.2. The second-order valence-corrected chi connectivity index (χ2v) is 6.06. The molecule has 2 aromatic carbocycles. The highest BCUT2D eigenvalue weighted by Gasteiger charge is 2.14. The third kappa shape index (κ3) is 3.30. The third-order valence-electron chi connectivity index (χ3n) is 3.48. The Hall–Kier alpha value is -2.98. The fraction of sp³-hybridized carbons (Fsp3) is 0.111. The summed E-state index contributed by atoms with van der Waals surface area (Å²) in [5.41, 5.74) is 0.475. The molecule has 0 N–H and O–H groups in total. The summed E-state index contributed by atoms with van der Waals surface area (Å²) in [6.07, 6.45) is 5.33. The van der Waals surface area contributed by atoms with Gasteiger partial charge in [-0.15, -0.1) is 6.42 Å². The van der Waals surface area contributed by atoms with Crippen molar-refractivity contribution in [3.8, 4) is 18.1 Å². The van der Waals surface area contributed by atoms with Crippen LogP contribution in [0.25, 0.3) is 10.2 Å².